The summed E-state index contributed by atoms with van der Waals surface area (Å²) in [4.78, 5) is 12.3. The van der Waals surface area contributed by atoms with E-state index in [1.54, 1.807) is 28.6 Å². The molecule has 1 atom stereocenters. The first kappa shape index (κ1) is 17.2. The van der Waals surface area contributed by atoms with Crippen molar-refractivity contribution in [3.8, 4) is 0 Å². The van der Waals surface area contributed by atoms with Crippen LogP contribution in [0.25, 0.3) is 0 Å². The van der Waals surface area contributed by atoms with E-state index < -0.39 is 10.0 Å². The molecule has 1 aliphatic heterocycles. The molecule has 1 amide bonds. The molecule has 5 nitrogen and oxygen atoms in total. The Bertz CT molecular complexity index is 704. The minimum Gasteiger partial charge on any atom is -0.326 e. The summed E-state index contributed by atoms with van der Waals surface area (Å²) in [6.45, 7) is 1.19. The zero-order valence-corrected chi connectivity index (χ0v) is 14.6. The number of hydrogen-bond acceptors (Lipinski definition) is 3. The highest BCUT2D eigenvalue weighted by molar-refractivity contribution is 7.89. The third-order valence-corrected chi connectivity index (χ3v) is 6.56. The van der Waals surface area contributed by atoms with Crippen LogP contribution in [0.15, 0.2) is 41.3 Å². The fourth-order valence-electron chi connectivity index (χ4n) is 3.28. The Morgan fingerprint density at radius 3 is 2.46 bits per heavy atom. The highest BCUT2D eigenvalue weighted by atomic mass is 32.2. The summed E-state index contributed by atoms with van der Waals surface area (Å²) in [5, 5.41) is 2.85. The standard InChI is InChI=1S/C18H24N2O3S/c21-18(14-15-6-2-3-7-15)19-16-8-10-17(11-9-16)24(22,23)20-12-4-1-5-13-20/h2,6,8-11,15H,1,3-5,7,12-14H2,(H,19,21)/t15-/m0/s1. The van der Waals surface area contributed by atoms with Gasteiger partial charge in [0.25, 0.3) is 0 Å². The van der Waals surface area contributed by atoms with Gasteiger partial charge >= 0.3 is 0 Å². The molecule has 0 saturated carbocycles. The fraction of sp³-hybridized carbons (Fsp3) is 0.500. The molecule has 0 spiro atoms. The van der Waals surface area contributed by atoms with E-state index in [0.717, 1.165) is 32.1 Å². The van der Waals surface area contributed by atoms with Crippen molar-refractivity contribution >= 4 is 21.6 Å². The van der Waals surface area contributed by atoms with Crippen molar-refractivity contribution in [3.05, 3.63) is 36.4 Å². The highest BCUT2D eigenvalue weighted by Crippen LogP contribution is 2.23. The van der Waals surface area contributed by atoms with Gasteiger partial charge in [0.1, 0.15) is 0 Å². The van der Waals surface area contributed by atoms with E-state index in [1.165, 1.54) is 0 Å². The van der Waals surface area contributed by atoms with Gasteiger partial charge in [-0.15, -0.1) is 0 Å². The fourth-order valence-corrected chi connectivity index (χ4v) is 4.80. The number of amides is 1. The third kappa shape index (κ3) is 4.05. The van der Waals surface area contributed by atoms with Crippen LogP contribution >= 0.6 is 0 Å². The van der Waals surface area contributed by atoms with Gasteiger partial charge in [0.05, 0.1) is 4.90 Å². The number of sulfonamides is 1. The zero-order valence-electron chi connectivity index (χ0n) is 13.8. The minimum absolute atomic E-state index is 0.0295. The van der Waals surface area contributed by atoms with E-state index in [2.05, 4.69) is 17.5 Å². The molecule has 1 fully saturated rings. The van der Waals surface area contributed by atoms with E-state index in [9.17, 15) is 13.2 Å². The van der Waals surface area contributed by atoms with Crippen molar-refractivity contribution in [2.24, 2.45) is 5.92 Å². The lowest BCUT2D eigenvalue weighted by Gasteiger charge is -2.25. The molecule has 1 heterocycles. The number of allylic oxidation sites excluding steroid dienone is 2. The molecular weight excluding hydrogens is 324 g/mol. The lowest BCUT2D eigenvalue weighted by Crippen LogP contribution is -2.35. The predicted octanol–water partition coefficient (Wildman–Crippen LogP) is 3.16. The highest BCUT2D eigenvalue weighted by Gasteiger charge is 2.25. The Hall–Kier alpha value is -1.66. The van der Waals surface area contributed by atoms with Crippen LogP contribution in [-0.2, 0) is 14.8 Å². The molecule has 130 valence electrons. The van der Waals surface area contributed by atoms with E-state index >= 15 is 0 Å². The Labute approximate surface area is 143 Å². The molecule has 1 aliphatic carbocycles. The van der Waals surface area contributed by atoms with Gasteiger partial charge in [0.15, 0.2) is 0 Å². The van der Waals surface area contributed by atoms with Gasteiger partial charge in [-0.25, -0.2) is 8.42 Å². The van der Waals surface area contributed by atoms with Gasteiger partial charge in [-0.3, -0.25) is 4.79 Å². The van der Waals surface area contributed by atoms with E-state index in [0.29, 0.717) is 36.0 Å². The van der Waals surface area contributed by atoms with Crippen molar-refractivity contribution in [2.45, 2.75) is 43.4 Å². The first-order valence-electron chi connectivity index (χ1n) is 8.62. The Morgan fingerprint density at radius 2 is 1.83 bits per heavy atom. The summed E-state index contributed by atoms with van der Waals surface area (Å²) in [7, 11) is -3.41. The Kier molecular flexibility index (Phi) is 5.36. The summed E-state index contributed by atoms with van der Waals surface area (Å²) >= 11 is 0. The molecule has 1 saturated heterocycles. The number of carbonyl (C=O) groups excluding carboxylic acids is 1. The van der Waals surface area contributed by atoms with Gasteiger partial charge in [-0.2, -0.15) is 4.31 Å². The van der Waals surface area contributed by atoms with E-state index in [4.69, 9.17) is 0 Å². The minimum atomic E-state index is -3.41. The normalized spacial score (nSPS) is 21.8. The van der Waals surface area contributed by atoms with Crippen molar-refractivity contribution in [3.63, 3.8) is 0 Å². The molecule has 0 aromatic heterocycles. The first-order valence-corrected chi connectivity index (χ1v) is 10.1. The van der Waals surface area contributed by atoms with Gasteiger partial charge in [0.2, 0.25) is 15.9 Å². The van der Waals surface area contributed by atoms with Gasteiger partial charge < -0.3 is 5.32 Å². The molecule has 1 aromatic rings. The van der Waals surface area contributed by atoms with Crippen molar-refractivity contribution in [1.29, 1.82) is 0 Å². The number of hydrogen-bond donors (Lipinski definition) is 1. The molecule has 1 aromatic carbocycles. The number of benzene rings is 1. The van der Waals surface area contributed by atoms with Gasteiger partial charge in [0, 0.05) is 25.2 Å². The third-order valence-electron chi connectivity index (χ3n) is 4.65. The largest absolute Gasteiger partial charge is 0.326 e. The number of nitrogens with zero attached hydrogens (tertiary/aromatic N) is 1. The van der Waals surface area contributed by atoms with Crippen LogP contribution in [-0.4, -0.2) is 31.7 Å². The average Bonchev–Trinajstić information content (AvgIpc) is 3.09. The van der Waals surface area contributed by atoms with Crippen LogP contribution in [0.3, 0.4) is 0 Å². The van der Waals surface area contributed by atoms with Crippen LogP contribution in [0.5, 0.6) is 0 Å². The smallest absolute Gasteiger partial charge is 0.243 e. The molecule has 3 rings (SSSR count). The number of anilines is 1. The summed E-state index contributed by atoms with van der Waals surface area (Å²) in [6.07, 6.45) is 9.68. The molecule has 0 unspecified atom stereocenters. The summed E-state index contributed by atoms with van der Waals surface area (Å²) in [6, 6.07) is 6.49. The summed E-state index contributed by atoms with van der Waals surface area (Å²) in [5.74, 6) is 0.293. The topological polar surface area (TPSA) is 66.5 Å². The SMILES string of the molecule is O=C(C[C@H]1C=CCC1)Nc1ccc(S(=O)(=O)N2CCCCC2)cc1. The molecule has 24 heavy (non-hydrogen) atoms. The second-order valence-electron chi connectivity index (χ2n) is 6.51. The van der Waals surface area contributed by atoms with Crippen molar-refractivity contribution in [2.75, 3.05) is 18.4 Å². The number of nitrogens with one attached hydrogen (secondary N) is 1. The average molecular weight is 348 g/mol. The summed E-state index contributed by atoms with van der Waals surface area (Å²) < 4.78 is 26.7. The second kappa shape index (κ2) is 7.49. The molecule has 1 N–H and O–H groups in total. The van der Waals surface area contributed by atoms with Crippen molar-refractivity contribution in [1.82, 2.24) is 4.31 Å². The van der Waals surface area contributed by atoms with Crippen molar-refractivity contribution < 1.29 is 13.2 Å². The van der Waals surface area contributed by atoms with Gasteiger partial charge in [-0.1, -0.05) is 18.6 Å². The van der Waals surface area contributed by atoms with Gasteiger partial charge in [-0.05, 0) is 55.9 Å². The Morgan fingerprint density at radius 1 is 1.12 bits per heavy atom. The summed E-state index contributed by atoms with van der Waals surface area (Å²) in [5.41, 5.74) is 0.638. The van der Waals surface area contributed by atoms with E-state index in [1.807, 2.05) is 0 Å². The monoisotopic (exact) mass is 348 g/mol. The van der Waals surface area contributed by atoms with Crippen LogP contribution in [0, 0.1) is 5.92 Å². The Balaban J connectivity index is 1.62. The predicted molar refractivity (Wildman–Crippen MR) is 94.2 cm³/mol. The quantitative estimate of drug-likeness (QED) is 0.831. The first-order chi connectivity index (χ1) is 11.6. The number of rotatable bonds is 5. The van der Waals surface area contributed by atoms with Crippen LogP contribution in [0.2, 0.25) is 0 Å². The van der Waals surface area contributed by atoms with Crippen LogP contribution in [0.1, 0.15) is 38.5 Å². The lowest BCUT2D eigenvalue weighted by atomic mass is 10.1. The maximum atomic E-state index is 12.6. The molecular formula is C18H24N2O3S. The lowest BCUT2D eigenvalue weighted by molar-refractivity contribution is -0.116. The molecule has 0 radical (unpaired) electrons. The molecule has 6 heteroatoms. The van der Waals surface area contributed by atoms with Crippen LogP contribution < -0.4 is 5.32 Å². The molecule has 2 aliphatic rings. The van der Waals surface area contributed by atoms with E-state index in [-0.39, 0.29) is 5.91 Å². The maximum absolute atomic E-state index is 12.6. The molecule has 0 bridgehead atoms. The zero-order chi connectivity index (χ0) is 17.0. The number of carbonyl (C=O) groups is 1. The second-order valence-corrected chi connectivity index (χ2v) is 8.44. The maximum Gasteiger partial charge on any atom is 0.243 e. The number of piperidine rings is 1. The van der Waals surface area contributed by atoms with Crippen LogP contribution in [0.4, 0.5) is 5.69 Å².